The molecule has 3 nitrogen and oxygen atoms in total. The van der Waals surface area contributed by atoms with Crippen molar-refractivity contribution >= 4 is 0 Å². The average Bonchev–Trinajstić information content (AvgIpc) is 3.14. The number of nitrogens with zero attached hydrogens (tertiary/aromatic N) is 2. The van der Waals surface area contributed by atoms with E-state index in [1.807, 2.05) is 0 Å². The fraction of sp³-hybridized carbons (Fsp3) is 1.00. The Morgan fingerprint density at radius 3 is 2.44 bits per heavy atom. The molecule has 0 amide bonds. The van der Waals surface area contributed by atoms with Gasteiger partial charge in [-0.05, 0) is 45.6 Å². The predicted octanol–water partition coefficient (Wildman–Crippen LogP) is 1.79. The summed E-state index contributed by atoms with van der Waals surface area (Å²) in [6.45, 7) is 15.7. The minimum atomic E-state index is 0.326. The Kier molecular flexibility index (Phi) is 5.05. The lowest BCUT2D eigenvalue weighted by Crippen LogP contribution is -2.57. The lowest BCUT2D eigenvalue weighted by atomic mass is 10.0. The largest absolute Gasteiger partial charge is 0.314 e. The molecule has 0 radical (unpaired) electrons. The van der Waals surface area contributed by atoms with E-state index in [1.54, 1.807) is 0 Å². The molecule has 0 aromatic heterocycles. The quantitative estimate of drug-likeness (QED) is 0.746. The fourth-order valence-corrected chi connectivity index (χ4v) is 3.13. The number of hydrogen-bond donors (Lipinski definition) is 1. The highest BCUT2D eigenvalue weighted by atomic mass is 15.3. The Morgan fingerprint density at radius 1 is 1.22 bits per heavy atom. The van der Waals surface area contributed by atoms with E-state index >= 15 is 0 Å². The topological polar surface area (TPSA) is 18.5 Å². The maximum Gasteiger partial charge on any atom is 0.0281 e. The molecule has 1 saturated carbocycles. The zero-order chi connectivity index (χ0) is 13.0. The van der Waals surface area contributed by atoms with E-state index in [0.717, 1.165) is 19.0 Å². The van der Waals surface area contributed by atoms with Crippen LogP contribution in [0.3, 0.4) is 0 Å². The van der Waals surface area contributed by atoms with Crippen LogP contribution in [0.25, 0.3) is 0 Å². The van der Waals surface area contributed by atoms with Crippen molar-refractivity contribution in [2.45, 2.75) is 45.6 Å². The molecule has 18 heavy (non-hydrogen) atoms. The van der Waals surface area contributed by atoms with Crippen LogP contribution in [0.2, 0.25) is 0 Å². The van der Waals surface area contributed by atoms with Crippen LogP contribution in [-0.4, -0.2) is 61.2 Å². The molecule has 0 unspecified atom stereocenters. The van der Waals surface area contributed by atoms with Crippen molar-refractivity contribution in [3.05, 3.63) is 0 Å². The Hall–Kier alpha value is -0.120. The highest BCUT2D eigenvalue weighted by Crippen LogP contribution is 2.30. The third kappa shape index (κ3) is 4.22. The highest BCUT2D eigenvalue weighted by molar-refractivity contribution is 4.89. The Morgan fingerprint density at radius 2 is 1.89 bits per heavy atom. The van der Waals surface area contributed by atoms with Crippen LogP contribution >= 0.6 is 0 Å². The first-order chi connectivity index (χ1) is 8.62. The van der Waals surface area contributed by atoms with Gasteiger partial charge in [-0.3, -0.25) is 4.90 Å². The van der Waals surface area contributed by atoms with Gasteiger partial charge >= 0.3 is 0 Å². The molecule has 106 valence electrons. The summed E-state index contributed by atoms with van der Waals surface area (Å²) < 4.78 is 0. The number of nitrogens with one attached hydrogen (secondary N) is 1. The van der Waals surface area contributed by atoms with Crippen molar-refractivity contribution in [1.29, 1.82) is 0 Å². The first-order valence-electron chi connectivity index (χ1n) is 7.80. The van der Waals surface area contributed by atoms with Gasteiger partial charge in [0.15, 0.2) is 0 Å². The second-order valence-electron chi connectivity index (χ2n) is 6.73. The summed E-state index contributed by atoms with van der Waals surface area (Å²) in [6.07, 6.45) is 4.22. The van der Waals surface area contributed by atoms with Crippen LogP contribution in [0.5, 0.6) is 0 Å². The Labute approximate surface area is 113 Å². The second-order valence-corrected chi connectivity index (χ2v) is 6.73. The zero-order valence-corrected chi connectivity index (χ0v) is 12.5. The molecule has 1 N–H and O–H groups in total. The van der Waals surface area contributed by atoms with Gasteiger partial charge in [-0.15, -0.1) is 0 Å². The van der Waals surface area contributed by atoms with E-state index in [2.05, 4.69) is 35.9 Å². The van der Waals surface area contributed by atoms with Crippen molar-refractivity contribution in [3.63, 3.8) is 0 Å². The van der Waals surface area contributed by atoms with Gasteiger partial charge in [0, 0.05) is 44.8 Å². The van der Waals surface area contributed by atoms with Gasteiger partial charge < -0.3 is 10.2 Å². The molecule has 0 bridgehead atoms. The second kappa shape index (κ2) is 6.36. The minimum Gasteiger partial charge on any atom is -0.314 e. The van der Waals surface area contributed by atoms with Crippen LogP contribution in [0.4, 0.5) is 0 Å². The lowest BCUT2D eigenvalue weighted by Gasteiger charge is -2.44. The molecule has 2 fully saturated rings. The van der Waals surface area contributed by atoms with Gasteiger partial charge in [-0.25, -0.2) is 0 Å². The van der Waals surface area contributed by atoms with Gasteiger partial charge in [0.1, 0.15) is 0 Å². The normalized spacial score (nSPS) is 22.7. The monoisotopic (exact) mass is 253 g/mol. The first-order valence-corrected chi connectivity index (χ1v) is 7.80. The molecular formula is C15H31N3. The molecule has 0 aromatic rings. The molecule has 0 aromatic carbocycles. The van der Waals surface area contributed by atoms with E-state index in [9.17, 15) is 0 Å². The highest BCUT2D eigenvalue weighted by Gasteiger charge is 2.32. The molecule has 3 heteroatoms. The molecule has 1 aliphatic carbocycles. The van der Waals surface area contributed by atoms with E-state index in [-0.39, 0.29) is 0 Å². The summed E-state index contributed by atoms with van der Waals surface area (Å²) in [6, 6.07) is 0. The van der Waals surface area contributed by atoms with E-state index < -0.39 is 0 Å². The third-order valence-electron chi connectivity index (χ3n) is 4.34. The van der Waals surface area contributed by atoms with Crippen molar-refractivity contribution in [1.82, 2.24) is 15.1 Å². The summed E-state index contributed by atoms with van der Waals surface area (Å²) in [5.41, 5.74) is 0.326. The van der Waals surface area contributed by atoms with Gasteiger partial charge in [-0.1, -0.05) is 6.92 Å². The summed E-state index contributed by atoms with van der Waals surface area (Å²) >= 11 is 0. The SMILES string of the molecule is CCCN(CC1CC1)CC(C)(C)N1CCNCC1. The van der Waals surface area contributed by atoms with E-state index in [4.69, 9.17) is 0 Å². The molecule has 1 aliphatic heterocycles. The Bertz CT molecular complexity index is 242. The van der Waals surface area contributed by atoms with Crippen molar-refractivity contribution in [2.75, 3.05) is 45.8 Å². The van der Waals surface area contributed by atoms with Gasteiger partial charge in [-0.2, -0.15) is 0 Å². The fourth-order valence-electron chi connectivity index (χ4n) is 3.13. The van der Waals surface area contributed by atoms with Gasteiger partial charge in [0.2, 0.25) is 0 Å². The van der Waals surface area contributed by atoms with Crippen molar-refractivity contribution in [3.8, 4) is 0 Å². The molecule has 0 atom stereocenters. The Balaban J connectivity index is 1.85. The van der Waals surface area contributed by atoms with Crippen molar-refractivity contribution in [2.24, 2.45) is 5.92 Å². The zero-order valence-electron chi connectivity index (χ0n) is 12.5. The number of piperazine rings is 1. The molecule has 2 rings (SSSR count). The first kappa shape index (κ1) is 14.3. The lowest BCUT2D eigenvalue weighted by molar-refractivity contribution is 0.0614. The maximum atomic E-state index is 3.45. The molecule has 1 heterocycles. The van der Waals surface area contributed by atoms with Crippen LogP contribution in [0.1, 0.15) is 40.0 Å². The molecule has 2 aliphatic rings. The maximum absolute atomic E-state index is 3.45. The smallest absolute Gasteiger partial charge is 0.0281 e. The predicted molar refractivity (Wildman–Crippen MR) is 78.0 cm³/mol. The summed E-state index contributed by atoms with van der Waals surface area (Å²) in [5, 5.41) is 3.45. The molecular weight excluding hydrogens is 222 g/mol. The summed E-state index contributed by atoms with van der Waals surface area (Å²) in [5.74, 6) is 1.01. The number of hydrogen-bond acceptors (Lipinski definition) is 3. The third-order valence-corrected chi connectivity index (χ3v) is 4.34. The van der Waals surface area contributed by atoms with E-state index in [1.165, 1.54) is 52.0 Å². The average molecular weight is 253 g/mol. The van der Waals surface area contributed by atoms with Gasteiger partial charge in [0.05, 0.1) is 0 Å². The van der Waals surface area contributed by atoms with Crippen LogP contribution < -0.4 is 5.32 Å². The van der Waals surface area contributed by atoms with Crippen LogP contribution in [0.15, 0.2) is 0 Å². The van der Waals surface area contributed by atoms with Gasteiger partial charge in [0.25, 0.3) is 0 Å². The van der Waals surface area contributed by atoms with Crippen LogP contribution in [-0.2, 0) is 0 Å². The standard InChI is InChI=1S/C15H31N3/c1-4-9-17(12-14-5-6-14)13-15(2,3)18-10-7-16-8-11-18/h14,16H,4-13H2,1-3H3. The summed E-state index contributed by atoms with van der Waals surface area (Å²) in [4.78, 5) is 5.37. The van der Waals surface area contributed by atoms with Crippen LogP contribution in [0, 0.1) is 5.92 Å². The molecule has 1 saturated heterocycles. The van der Waals surface area contributed by atoms with E-state index in [0.29, 0.717) is 5.54 Å². The summed E-state index contributed by atoms with van der Waals surface area (Å²) in [7, 11) is 0. The van der Waals surface area contributed by atoms with Crippen molar-refractivity contribution < 1.29 is 0 Å². The molecule has 0 spiro atoms. The number of rotatable bonds is 7. The minimum absolute atomic E-state index is 0.326.